The highest BCUT2D eigenvalue weighted by atomic mass is 19.2. The number of methoxy groups -OCH3 is 2. The van der Waals surface area contributed by atoms with Crippen LogP contribution < -0.4 is 9.47 Å². The third-order valence-electron chi connectivity index (χ3n) is 6.43. The van der Waals surface area contributed by atoms with E-state index in [0.29, 0.717) is 18.4 Å². The Morgan fingerprint density at radius 3 is 2.00 bits per heavy atom. The summed E-state index contributed by atoms with van der Waals surface area (Å²) in [6.45, 7) is 0. The van der Waals surface area contributed by atoms with Crippen LogP contribution >= 0.6 is 0 Å². The van der Waals surface area contributed by atoms with Gasteiger partial charge in [0.15, 0.2) is 23.1 Å². The number of carbonyl (C=O) groups is 1. The molecule has 0 aromatic heterocycles. The zero-order chi connectivity index (χ0) is 25.1. The van der Waals surface area contributed by atoms with E-state index in [4.69, 9.17) is 14.2 Å². The van der Waals surface area contributed by atoms with Crippen molar-refractivity contribution in [3.8, 4) is 22.6 Å². The Labute approximate surface area is 200 Å². The summed E-state index contributed by atoms with van der Waals surface area (Å²) < 4.78 is 73.0. The molecule has 1 fully saturated rings. The molecule has 0 amide bonds. The van der Waals surface area contributed by atoms with Crippen LogP contribution in [-0.2, 0) is 4.74 Å². The number of hydrogen-bond acceptors (Lipinski definition) is 4. The van der Waals surface area contributed by atoms with Gasteiger partial charge >= 0.3 is 5.97 Å². The number of hydrogen-bond donors (Lipinski definition) is 0. The molecule has 0 N–H and O–H groups in total. The molecule has 8 heteroatoms. The maximum Gasteiger partial charge on any atom is 0.343 e. The van der Waals surface area contributed by atoms with E-state index in [0.717, 1.165) is 12.8 Å². The van der Waals surface area contributed by atoms with Crippen molar-refractivity contribution in [1.82, 2.24) is 0 Å². The standard InChI is InChI=1S/C27H24F4O4/c1-33-18-9-7-16(8-10-18)20-12-14-22(26(31)24(20)29)35-27(32)17-5-3-15(4-6-17)19-11-13-21(34-2)25(30)23(19)28/h3-6,11-14,16,18H,7-10H2,1-2H3. The van der Waals surface area contributed by atoms with E-state index in [1.807, 2.05) is 0 Å². The van der Waals surface area contributed by atoms with Crippen molar-refractivity contribution in [2.45, 2.75) is 37.7 Å². The van der Waals surface area contributed by atoms with Crippen LogP contribution in [0.4, 0.5) is 17.6 Å². The molecule has 0 aliphatic heterocycles. The molecule has 4 rings (SSSR count). The summed E-state index contributed by atoms with van der Waals surface area (Å²) >= 11 is 0. The molecule has 184 valence electrons. The van der Waals surface area contributed by atoms with E-state index in [1.165, 1.54) is 55.6 Å². The first-order valence-electron chi connectivity index (χ1n) is 11.2. The van der Waals surface area contributed by atoms with Gasteiger partial charge in [-0.3, -0.25) is 0 Å². The second kappa shape index (κ2) is 10.5. The Kier molecular flexibility index (Phi) is 7.40. The third kappa shape index (κ3) is 5.03. The highest BCUT2D eigenvalue weighted by Crippen LogP contribution is 2.37. The van der Waals surface area contributed by atoms with Crippen molar-refractivity contribution in [3.05, 3.63) is 82.9 Å². The summed E-state index contributed by atoms with van der Waals surface area (Å²) in [4.78, 5) is 12.5. The van der Waals surface area contributed by atoms with E-state index >= 15 is 0 Å². The van der Waals surface area contributed by atoms with Crippen LogP contribution in [0.2, 0.25) is 0 Å². The highest BCUT2D eigenvalue weighted by molar-refractivity contribution is 5.91. The van der Waals surface area contributed by atoms with Gasteiger partial charge in [0.25, 0.3) is 0 Å². The van der Waals surface area contributed by atoms with Crippen molar-refractivity contribution >= 4 is 5.97 Å². The molecule has 35 heavy (non-hydrogen) atoms. The first-order valence-corrected chi connectivity index (χ1v) is 11.2. The molecule has 0 radical (unpaired) electrons. The van der Waals surface area contributed by atoms with Crippen LogP contribution in [0.5, 0.6) is 11.5 Å². The minimum Gasteiger partial charge on any atom is -0.494 e. The van der Waals surface area contributed by atoms with E-state index in [1.54, 1.807) is 7.11 Å². The summed E-state index contributed by atoms with van der Waals surface area (Å²) in [6.07, 6.45) is 3.02. The van der Waals surface area contributed by atoms with E-state index in [-0.39, 0.29) is 34.5 Å². The molecule has 0 saturated heterocycles. The second-order valence-corrected chi connectivity index (χ2v) is 8.40. The van der Waals surface area contributed by atoms with Gasteiger partial charge in [0, 0.05) is 12.7 Å². The van der Waals surface area contributed by atoms with Crippen molar-refractivity contribution in [2.24, 2.45) is 0 Å². The molecule has 0 bridgehead atoms. The van der Waals surface area contributed by atoms with Crippen molar-refractivity contribution in [3.63, 3.8) is 0 Å². The average Bonchev–Trinajstić information content (AvgIpc) is 2.88. The molecular weight excluding hydrogens is 464 g/mol. The summed E-state index contributed by atoms with van der Waals surface area (Å²) in [5.74, 6) is -6.25. The van der Waals surface area contributed by atoms with E-state index in [2.05, 4.69) is 0 Å². The van der Waals surface area contributed by atoms with Crippen LogP contribution in [0.3, 0.4) is 0 Å². The lowest BCUT2D eigenvalue weighted by atomic mass is 9.82. The predicted molar refractivity (Wildman–Crippen MR) is 122 cm³/mol. The number of benzene rings is 3. The number of ether oxygens (including phenoxy) is 3. The zero-order valence-electron chi connectivity index (χ0n) is 19.2. The molecule has 0 spiro atoms. The lowest BCUT2D eigenvalue weighted by Crippen LogP contribution is -2.20. The summed E-state index contributed by atoms with van der Waals surface area (Å²) in [7, 11) is 2.87. The van der Waals surface area contributed by atoms with E-state index in [9.17, 15) is 22.4 Å². The fraction of sp³-hybridized carbons (Fsp3) is 0.296. The van der Waals surface area contributed by atoms with Crippen molar-refractivity contribution in [2.75, 3.05) is 14.2 Å². The third-order valence-corrected chi connectivity index (χ3v) is 6.43. The molecule has 1 aliphatic carbocycles. The number of halogens is 4. The van der Waals surface area contributed by atoms with Crippen LogP contribution in [0.15, 0.2) is 48.5 Å². The Balaban J connectivity index is 1.48. The lowest BCUT2D eigenvalue weighted by molar-refractivity contribution is 0.0653. The average molecular weight is 488 g/mol. The van der Waals surface area contributed by atoms with Crippen molar-refractivity contribution in [1.29, 1.82) is 0 Å². The van der Waals surface area contributed by atoms with Gasteiger partial charge < -0.3 is 14.2 Å². The SMILES string of the molecule is COc1ccc(-c2ccc(C(=O)Oc3ccc(C4CCC(OC)CC4)c(F)c3F)cc2)c(F)c1F. The predicted octanol–water partition coefficient (Wildman–Crippen LogP) is 6.81. The minimum atomic E-state index is -1.22. The van der Waals surface area contributed by atoms with E-state index < -0.39 is 35.0 Å². The highest BCUT2D eigenvalue weighted by Gasteiger charge is 2.27. The molecular formula is C27H24F4O4. The summed E-state index contributed by atoms with van der Waals surface area (Å²) in [5.41, 5.74) is 0.580. The molecule has 0 atom stereocenters. The minimum absolute atomic E-state index is 0.0218. The fourth-order valence-electron chi connectivity index (χ4n) is 4.41. The monoisotopic (exact) mass is 488 g/mol. The molecule has 4 nitrogen and oxygen atoms in total. The second-order valence-electron chi connectivity index (χ2n) is 8.40. The maximum absolute atomic E-state index is 14.8. The zero-order valence-corrected chi connectivity index (χ0v) is 19.2. The number of carbonyl (C=O) groups excluding carboxylic acids is 1. The Morgan fingerprint density at radius 2 is 1.37 bits per heavy atom. The van der Waals surface area contributed by atoms with Crippen LogP contribution in [0, 0.1) is 23.3 Å². The van der Waals surface area contributed by atoms with Crippen LogP contribution in [0.25, 0.3) is 11.1 Å². The normalized spacial score (nSPS) is 17.8. The molecule has 3 aromatic rings. The molecule has 0 unspecified atom stereocenters. The van der Waals surface area contributed by atoms with Gasteiger partial charge in [0.2, 0.25) is 11.6 Å². The van der Waals surface area contributed by atoms with Gasteiger partial charge in [-0.1, -0.05) is 18.2 Å². The van der Waals surface area contributed by atoms with Gasteiger partial charge in [-0.2, -0.15) is 8.78 Å². The lowest BCUT2D eigenvalue weighted by Gasteiger charge is -2.28. The van der Waals surface area contributed by atoms with Crippen molar-refractivity contribution < 1.29 is 36.6 Å². The molecule has 3 aromatic carbocycles. The smallest absolute Gasteiger partial charge is 0.343 e. The molecule has 0 heterocycles. The summed E-state index contributed by atoms with van der Waals surface area (Å²) in [5, 5.41) is 0. The first-order chi connectivity index (χ1) is 16.8. The molecule has 1 saturated carbocycles. The first kappa shape index (κ1) is 24.7. The largest absolute Gasteiger partial charge is 0.494 e. The van der Waals surface area contributed by atoms with Crippen LogP contribution in [0.1, 0.15) is 47.5 Å². The quantitative estimate of drug-likeness (QED) is 0.217. The maximum atomic E-state index is 14.8. The van der Waals surface area contributed by atoms with Crippen LogP contribution in [-0.4, -0.2) is 26.3 Å². The molecule has 1 aliphatic rings. The Bertz CT molecular complexity index is 1220. The van der Waals surface area contributed by atoms with Gasteiger partial charge in [-0.15, -0.1) is 0 Å². The number of rotatable bonds is 6. The van der Waals surface area contributed by atoms with Gasteiger partial charge in [-0.25, -0.2) is 13.6 Å². The topological polar surface area (TPSA) is 44.8 Å². The van der Waals surface area contributed by atoms with Gasteiger partial charge in [0.1, 0.15) is 0 Å². The fourth-order valence-corrected chi connectivity index (χ4v) is 4.41. The Hall–Kier alpha value is -3.39. The van der Waals surface area contributed by atoms with Gasteiger partial charge in [0.05, 0.1) is 18.8 Å². The Morgan fingerprint density at radius 1 is 0.743 bits per heavy atom. The van der Waals surface area contributed by atoms with Gasteiger partial charge in [-0.05, 0) is 73.1 Å². The number of esters is 1. The summed E-state index contributed by atoms with van der Waals surface area (Å²) in [6, 6.07) is 10.8.